The van der Waals surface area contributed by atoms with E-state index in [1.807, 2.05) is 12.1 Å². The maximum absolute atomic E-state index is 11.7. The minimum atomic E-state index is -0.343. The third kappa shape index (κ3) is 14.0. The molecule has 0 atom stereocenters. The first-order valence-corrected chi connectivity index (χ1v) is 24.9. The summed E-state index contributed by atoms with van der Waals surface area (Å²) in [5.41, 5.74) is 9.09. The van der Waals surface area contributed by atoms with Gasteiger partial charge in [0, 0.05) is 34.6 Å². The van der Waals surface area contributed by atoms with Gasteiger partial charge in [0.1, 0.15) is 0 Å². The van der Waals surface area contributed by atoms with Crippen molar-refractivity contribution >= 4 is 58.6 Å². The SMILES string of the molecule is C=C(CBr)C(C)=O.C=C(Cc1ccc(C(C)(C)c2ccc(CC(=C)C(=O)OCC)cc2)cc1)C(C)=O.CC(C)(c1ccc(B2OC(C)(C)C(C)(C)O2)cc1)c1ccc(B2OC(C)(C)C(C)(C)O2)cc1. The van der Waals surface area contributed by atoms with Gasteiger partial charge in [-0.3, -0.25) is 9.59 Å². The molecule has 2 fully saturated rings. The molecule has 0 saturated carbocycles. The van der Waals surface area contributed by atoms with E-state index < -0.39 is 0 Å². The van der Waals surface area contributed by atoms with Gasteiger partial charge in [0.05, 0.1) is 29.0 Å². The Balaban J connectivity index is 0.000000266. The van der Waals surface area contributed by atoms with Crippen molar-refractivity contribution in [2.75, 3.05) is 11.9 Å². The molecule has 0 N–H and O–H groups in total. The van der Waals surface area contributed by atoms with Crippen molar-refractivity contribution < 1.29 is 37.7 Å². The maximum atomic E-state index is 11.7. The van der Waals surface area contributed by atoms with Gasteiger partial charge in [-0.1, -0.05) is 160 Å². The Morgan fingerprint density at radius 3 is 1.03 bits per heavy atom. The topological polar surface area (TPSA) is 97.4 Å². The molecule has 0 amide bonds. The van der Waals surface area contributed by atoms with Gasteiger partial charge in [-0.2, -0.15) is 0 Å². The van der Waals surface area contributed by atoms with Crippen molar-refractivity contribution in [1.29, 1.82) is 0 Å². The zero-order chi connectivity index (χ0) is 51.9. The Labute approximate surface area is 423 Å². The molecular weight excluding hydrogens is 926 g/mol. The van der Waals surface area contributed by atoms with E-state index in [1.165, 1.54) is 29.2 Å². The molecule has 6 rings (SSSR count). The van der Waals surface area contributed by atoms with Crippen LogP contribution >= 0.6 is 15.9 Å². The Kier molecular flexibility index (Phi) is 18.7. The third-order valence-corrected chi connectivity index (χ3v) is 14.9. The molecule has 368 valence electrons. The van der Waals surface area contributed by atoms with Crippen LogP contribution in [-0.4, -0.2) is 66.1 Å². The fraction of sp³-hybridized carbons (Fsp3) is 0.431. The summed E-state index contributed by atoms with van der Waals surface area (Å²) in [6, 6.07) is 33.8. The first-order valence-electron chi connectivity index (χ1n) is 23.8. The van der Waals surface area contributed by atoms with E-state index in [4.69, 9.17) is 23.4 Å². The number of hydrogen-bond acceptors (Lipinski definition) is 8. The number of hydrogen-bond donors (Lipinski definition) is 0. The summed E-state index contributed by atoms with van der Waals surface area (Å²) in [6.07, 6.45) is 1.06. The molecule has 0 spiro atoms. The summed E-state index contributed by atoms with van der Waals surface area (Å²) in [4.78, 5) is 33.4. The van der Waals surface area contributed by atoms with Crippen LogP contribution in [0.3, 0.4) is 0 Å². The van der Waals surface area contributed by atoms with E-state index in [2.05, 4.69) is 204 Å². The number of carbonyl (C=O) groups excluding carboxylic acids is 3. The Hall–Kier alpha value is -4.64. The molecule has 4 aromatic carbocycles. The number of ketones is 2. The highest BCUT2D eigenvalue weighted by Crippen LogP contribution is 2.39. The first kappa shape index (κ1) is 56.9. The molecule has 2 saturated heterocycles. The summed E-state index contributed by atoms with van der Waals surface area (Å²) < 4.78 is 29.8. The van der Waals surface area contributed by atoms with Crippen molar-refractivity contribution in [2.24, 2.45) is 0 Å². The molecule has 0 radical (unpaired) electrons. The standard InChI is InChI=1S/C27H38B2O4.C26H30O3.C5H7BrO/c1-23(2,19-11-15-21(16-12-19)28-30-24(3,4)25(5,6)31-28)20-13-17-22(18-14-20)29-32-26(7,8)27(9,10)33-29;1-7-29-25(28)19(3)17-22-10-14-24(15-11-22)26(5,6)23-12-8-21(9-13-23)16-18(2)20(4)27;1-4(3-6)5(2)7/h11-18H,1-10H3;8-15H,2-3,7,16-17H2,1,4-6H3;1,3H2,2H3. The fourth-order valence-electron chi connectivity index (χ4n) is 7.50. The highest BCUT2D eigenvalue weighted by molar-refractivity contribution is 9.09. The molecule has 2 heterocycles. The van der Waals surface area contributed by atoms with Gasteiger partial charge >= 0.3 is 20.2 Å². The predicted molar refractivity (Wildman–Crippen MR) is 288 cm³/mol. The minimum Gasteiger partial charge on any atom is -0.463 e. The number of benzene rings is 4. The van der Waals surface area contributed by atoms with Crippen molar-refractivity contribution in [3.63, 3.8) is 0 Å². The fourth-order valence-corrected chi connectivity index (χ4v) is 7.90. The van der Waals surface area contributed by atoms with Gasteiger partial charge in [-0.05, 0) is 132 Å². The highest BCUT2D eigenvalue weighted by Gasteiger charge is 2.53. The van der Waals surface area contributed by atoms with Crippen LogP contribution in [0.25, 0.3) is 0 Å². The third-order valence-electron chi connectivity index (χ3n) is 14.2. The number of allylic oxidation sites excluding steroid dienone is 2. The van der Waals surface area contributed by atoms with Crippen LogP contribution in [0.2, 0.25) is 0 Å². The quantitative estimate of drug-likeness (QED) is 0.0503. The summed E-state index contributed by atoms with van der Waals surface area (Å²) in [7, 11) is -0.683. The molecule has 8 nitrogen and oxygen atoms in total. The second-order valence-corrected chi connectivity index (χ2v) is 21.8. The number of ether oxygens (including phenoxy) is 1. The average Bonchev–Trinajstić information content (AvgIpc) is 3.65. The molecule has 11 heteroatoms. The molecular formula is C58H75B2BrO8. The maximum Gasteiger partial charge on any atom is 0.494 e. The number of alkyl halides is 1. The van der Waals surface area contributed by atoms with E-state index in [0.29, 0.717) is 41.5 Å². The monoisotopic (exact) mass is 1000 g/mol. The molecule has 2 aliphatic heterocycles. The zero-order valence-corrected chi connectivity index (χ0v) is 45.6. The van der Waals surface area contributed by atoms with Gasteiger partial charge in [0.2, 0.25) is 0 Å². The van der Waals surface area contributed by atoms with Gasteiger partial charge in [0.25, 0.3) is 0 Å². The van der Waals surface area contributed by atoms with Gasteiger partial charge < -0.3 is 23.4 Å². The molecule has 0 aliphatic carbocycles. The van der Waals surface area contributed by atoms with E-state index in [9.17, 15) is 14.4 Å². The van der Waals surface area contributed by atoms with Crippen molar-refractivity contribution in [2.45, 2.75) is 150 Å². The number of rotatable bonds is 15. The van der Waals surface area contributed by atoms with Crippen LogP contribution in [-0.2, 0) is 61.4 Å². The van der Waals surface area contributed by atoms with E-state index in [0.717, 1.165) is 22.1 Å². The summed E-state index contributed by atoms with van der Waals surface area (Å²) in [5.74, 6) is -0.263. The largest absolute Gasteiger partial charge is 0.494 e. The zero-order valence-electron chi connectivity index (χ0n) is 44.0. The lowest BCUT2D eigenvalue weighted by Crippen LogP contribution is -2.41. The summed E-state index contributed by atoms with van der Waals surface area (Å²) in [6.45, 7) is 41.8. The van der Waals surface area contributed by atoms with Crippen LogP contribution in [0, 0.1) is 0 Å². The van der Waals surface area contributed by atoms with Crippen molar-refractivity contribution in [3.05, 3.63) is 167 Å². The molecule has 69 heavy (non-hydrogen) atoms. The summed E-state index contributed by atoms with van der Waals surface area (Å²) >= 11 is 3.09. The van der Waals surface area contributed by atoms with Crippen molar-refractivity contribution in [1.82, 2.24) is 0 Å². The molecule has 4 aromatic rings. The van der Waals surface area contributed by atoms with Crippen LogP contribution in [0.4, 0.5) is 0 Å². The smallest absolute Gasteiger partial charge is 0.463 e. The number of Topliss-reactive ketones (excluding diaryl/α,β-unsaturated/α-hetero) is 2. The van der Waals surface area contributed by atoms with Gasteiger partial charge in [-0.25, -0.2) is 4.79 Å². The van der Waals surface area contributed by atoms with Gasteiger partial charge in [-0.15, -0.1) is 0 Å². The Morgan fingerprint density at radius 2 is 0.783 bits per heavy atom. The van der Waals surface area contributed by atoms with Crippen LogP contribution in [0.15, 0.2) is 134 Å². The van der Waals surface area contributed by atoms with E-state index >= 15 is 0 Å². The minimum absolute atomic E-state index is 0.0279. The van der Waals surface area contributed by atoms with E-state index in [-0.39, 0.29) is 65.0 Å². The first-order chi connectivity index (χ1) is 31.9. The summed E-state index contributed by atoms with van der Waals surface area (Å²) in [5, 5.41) is 0.586. The predicted octanol–water partition coefficient (Wildman–Crippen LogP) is 11.5. The lowest BCUT2D eigenvalue weighted by molar-refractivity contribution is -0.138. The number of carbonyl (C=O) groups is 3. The highest BCUT2D eigenvalue weighted by atomic mass is 79.9. The molecule has 0 aromatic heterocycles. The Morgan fingerprint density at radius 1 is 0.507 bits per heavy atom. The Bertz CT molecular complexity index is 2350. The van der Waals surface area contributed by atoms with Gasteiger partial charge in [0.15, 0.2) is 11.6 Å². The van der Waals surface area contributed by atoms with E-state index in [1.54, 1.807) is 13.8 Å². The molecule has 0 bridgehead atoms. The number of halogens is 1. The lowest BCUT2D eigenvalue weighted by Gasteiger charge is -2.32. The van der Waals surface area contributed by atoms with Crippen molar-refractivity contribution in [3.8, 4) is 0 Å². The normalized spacial score (nSPS) is 16.6. The van der Waals surface area contributed by atoms with Crippen LogP contribution in [0.5, 0.6) is 0 Å². The van der Waals surface area contributed by atoms with Crippen LogP contribution < -0.4 is 10.9 Å². The molecule has 2 aliphatic rings. The number of esters is 1. The average molecular weight is 1000 g/mol. The molecule has 0 unspecified atom stereocenters. The lowest BCUT2D eigenvalue weighted by atomic mass is 9.73. The van der Waals surface area contributed by atoms with Crippen LogP contribution in [0.1, 0.15) is 137 Å². The second-order valence-electron chi connectivity index (χ2n) is 21.2. The second kappa shape index (κ2) is 22.6.